The lowest BCUT2D eigenvalue weighted by atomic mass is 9.99. The van der Waals surface area contributed by atoms with E-state index in [4.69, 9.17) is 16.3 Å². The SMILES string of the molecule is Cc1cc(-c2ccccc2OC(F)F)c(C(=O)Nc2nnc(OCc3ccc(Cl)cn3)s2)cn1. The highest BCUT2D eigenvalue weighted by Crippen LogP contribution is 2.34. The Morgan fingerprint density at radius 1 is 1.12 bits per heavy atom. The minimum absolute atomic E-state index is 0.0560. The monoisotopic (exact) mass is 503 g/mol. The van der Waals surface area contributed by atoms with Crippen LogP contribution in [0.3, 0.4) is 0 Å². The van der Waals surface area contributed by atoms with E-state index in [0.29, 0.717) is 27.5 Å². The number of para-hydroxylation sites is 1. The minimum atomic E-state index is -3.01. The molecule has 12 heteroatoms. The first-order chi connectivity index (χ1) is 16.4. The Hall–Kier alpha value is -3.70. The topological polar surface area (TPSA) is 99.1 Å². The summed E-state index contributed by atoms with van der Waals surface area (Å²) in [4.78, 5) is 21.3. The second kappa shape index (κ2) is 10.5. The largest absolute Gasteiger partial charge is 0.462 e. The van der Waals surface area contributed by atoms with Crippen LogP contribution in [-0.4, -0.2) is 32.7 Å². The number of aryl methyl sites for hydroxylation is 1. The zero-order valence-electron chi connectivity index (χ0n) is 17.5. The number of halogens is 3. The lowest BCUT2D eigenvalue weighted by Gasteiger charge is -2.14. The Morgan fingerprint density at radius 2 is 1.94 bits per heavy atom. The van der Waals surface area contributed by atoms with Crippen molar-refractivity contribution >= 4 is 34.0 Å². The number of carbonyl (C=O) groups is 1. The third-order valence-corrected chi connectivity index (χ3v) is 5.41. The van der Waals surface area contributed by atoms with Crippen molar-refractivity contribution in [2.45, 2.75) is 20.1 Å². The van der Waals surface area contributed by atoms with Crippen molar-refractivity contribution < 1.29 is 23.0 Å². The number of aromatic nitrogens is 4. The van der Waals surface area contributed by atoms with Crippen LogP contribution in [0.15, 0.2) is 54.9 Å². The fourth-order valence-electron chi connectivity index (χ4n) is 2.96. The second-order valence-electron chi connectivity index (χ2n) is 6.83. The smallest absolute Gasteiger partial charge is 0.387 e. The average molecular weight is 504 g/mol. The average Bonchev–Trinajstić information content (AvgIpc) is 3.26. The quantitative estimate of drug-likeness (QED) is 0.344. The van der Waals surface area contributed by atoms with E-state index in [-0.39, 0.29) is 28.2 Å². The van der Waals surface area contributed by atoms with Crippen molar-refractivity contribution in [1.82, 2.24) is 20.2 Å². The number of nitrogens with one attached hydrogen (secondary N) is 1. The number of rotatable bonds is 8. The lowest BCUT2D eigenvalue weighted by Crippen LogP contribution is -2.14. The molecule has 0 saturated carbocycles. The standard InChI is InChI=1S/C22H16ClF2N5O3S/c1-12-8-16(15-4-2-3-5-18(15)33-20(24)25)17(10-26-12)19(31)28-21-29-30-22(34-21)32-11-14-7-6-13(23)9-27-14/h2-10,20H,11H2,1H3,(H,28,29,31). The predicted octanol–water partition coefficient (Wildman–Crippen LogP) is 5.39. The summed E-state index contributed by atoms with van der Waals surface area (Å²) in [5, 5.41) is 11.4. The number of nitrogens with zero attached hydrogens (tertiary/aromatic N) is 4. The molecule has 0 bridgehead atoms. The van der Waals surface area contributed by atoms with Gasteiger partial charge in [-0.25, -0.2) is 0 Å². The van der Waals surface area contributed by atoms with Crippen molar-refractivity contribution in [2.75, 3.05) is 5.32 Å². The van der Waals surface area contributed by atoms with Crippen LogP contribution in [-0.2, 0) is 6.61 Å². The Balaban J connectivity index is 1.52. The van der Waals surface area contributed by atoms with Crippen molar-refractivity contribution in [2.24, 2.45) is 0 Å². The van der Waals surface area contributed by atoms with E-state index in [2.05, 4.69) is 30.2 Å². The van der Waals surface area contributed by atoms with Crippen LogP contribution in [0.4, 0.5) is 13.9 Å². The number of benzene rings is 1. The fraction of sp³-hybridized carbons (Fsp3) is 0.136. The van der Waals surface area contributed by atoms with E-state index < -0.39 is 12.5 Å². The molecular weight excluding hydrogens is 488 g/mol. The number of pyridine rings is 2. The minimum Gasteiger partial charge on any atom is -0.462 e. The molecule has 0 aliphatic rings. The van der Waals surface area contributed by atoms with E-state index in [9.17, 15) is 13.6 Å². The summed E-state index contributed by atoms with van der Waals surface area (Å²) in [7, 11) is 0. The molecule has 34 heavy (non-hydrogen) atoms. The van der Waals surface area contributed by atoms with Crippen LogP contribution in [0.5, 0.6) is 10.9 Å². The lowest BCUT2D eigenvalue weighted by molar-refractivity contribution is -0.0494. The molecule has 0 atom stereocenters. The molecule has 174 valence electrons. The molecule has 0 saturated heterocycles. The van der Waals surface area contributed by atoms with E-state index in [1.165, 1.54) is 18.5 Å². The molecule has 0 aliphatic carbocycles. The first-order valence-electron chi connectivity index (χ1n) is 9.78. The Kier molecular flexibility index (Phi) is 7.24. The Morgan fingerprint density at radius 3 is 2.71 bits per heavy atom. The number of carbonyl (C=O) groups excluding carboxylic acids is 1. The first kappa shape index (κ1) is 23.5. The molecule has 0 fully saturated rings. The maximum absolute atomic E-state index is 13.0. The summed E-state index contributed by atoms with van der Waals surface area (Å²) >= 11 is 6.83. The van der Waals surface area contributed by atoms with Crippen LogP contribution in [0.25, 0.3) is 11.1 Å². The number of anilines is 1. The molecule has 0 unspecified atom stereocenters. The van der Waals surface area contributed by atoms with Gasteiger partial charge in [-0.15, -0.1) is 5.10 Å². The van der Waals surface area contributed by atoms with Gasteiger partial charge in [-0.2, -0.15) is 8.78 Å². The molecule has 1 N–H and O–H groups in total. The highest BCUT2D eigenvalue weighted by atomic mass is 35.5. The van der Waals surface area contributed by atoms with Crippen molar-refractivity contribution in [3.05, 3.63) is 76.8 Å². The van der Waals surface area contributed by atoms with Gasteiger partial charge >= 0.3 is 6.61 Å². The molecule has 0 spiro atoms. The van der Waals surface area contributed by atoms with E-state index >= 15 is 0 Å². The first-order valence-corrected chi connectivity index (χ1v) is 11.0. The van der Waals surface area contributed by atoms with Gasteiger partial charge in [0.25, 0.3) is 11.1 Å². The second-order valence-corrected chi connectivity index (χ2v) is 8.21. The molecular formula is C22H16ClF2N5O3S. The van der Waals surface area contributed by atoms with Gasteiger partial charge in [0.05, 0.1) is 16.3 Å². The highest BCUT2D eigenvalue weighted by Gasteiger charge is 2.20. The van der Waals surface area contributed by atoms with Crippen LogP contribution < -0.4 is 14.8 Å². The van der Waals surface area contributed by atoms with E-state index in [1.54, 1.807) is 43.3 Å². The molecule has 8 nitrogen and oxygen atoms in total. The van der Waals surface area contributed by atoms with Gasteiger partial charge in [0, 0.05) is 29.2 Å². The van der Waals surface area contributed by atoms with Crippen molar-refractivity contribution in [3.8, 4) is 22.1 Å². The predicted molar refractivity (Wildman–Crippen MR) is 122 cm³/mol. The maximum Gasteiger partial charge on any atom is 0.387 e. The highest BCUT2D eigenvalue weighted by molar-refractivity contribution is 7.17. The van der Waals surface area contributed by atoms with Crippen LogP contribution in [0, 0.1) is 6.92 Å². The van der Waals surface area contributed by atoms with E-state index in [0.717, 1.165) is 11.3 Å². The summed E-state index contributed by atoms with van der Waals surface area (Å²) in [6, 6.07) is 11.3. The molecule has 1 amide bonds. The third-order valence-electron chi connectivity index (χ3n) is 4.44. The third kappa shape index (κ3) is 5.80. The van der Waals surface area contributed by atoms with Gasteiger partial charge in [-0.05, 0) is 42.5 Å². The van der Waals surface area contributed by atoms with Gasteiger partial charge in [-0.1, -0.05) is 34.9 Å². The molecule has 3 heterocycles. The number of hydrogen-bond acceptors (Lipinski definition) is 8. The normalized spacial score (nSPS) is 10.9. The number of amides is 1. The summed E-state index contributed by atoms with van der Waals surface area (Å²) < 4.78 is 35.9. The Labute approximate surface area is 201 Å². The number of ether oxygens (including phenoxy) is 2. The number of hydrogen-bond donors (Lipinski definition) is 1. The molecule has 0 radical (unpaired) electrons. The van der Waals surface area contributed by atoms with Gasteiger partial charge in [0.1, 0.15) is 12.4 Å². The summed E-state index contributed by atoms with van der Waals surface area (Å²) in [6.45, 7) is -1.14. The summed E-state index contributed by atoms with van der Waals surface area (Å²) in [5.41, 5.74) is 2.11. The van der Waals surface area contributed by atoms with Crippen LogP contribution >= 0.6 is 22.9 Å². The fourth-order valence-corrected chi connectivity index (χ4v) is 3.66. The van der Waals surface area contributed by atoms with Gasteiger partial charge in [-0.3, -0.25) is 20.1 Å². The van der Waals surface area contributed by atoms with Gasteiger partial charge in [0.2, 0.25) is 5.13 Å². The summed E-state index contributed by atoms with van der Waals surface area (Å²) in [6.07, 6.45) is 2.87. The number of alkyl halides is 2. The molecule has 0 aliphatic heterocycles. The van der Waals surface area contributed by atoms with Crippen molar-refractivity contribution in [1.29, 1.82) is 0 Å². The van der Waals surface area contributed by atoms with Crippen LogP contribution in [0.1, 0.15) is 21.7 Å². The Bertz CT molecular complexity index is 1300. The summed E-state index contributed by atoms with van der Waals surface area (Å²) in [5.74, 6) is -0.601. The van der Waals surface area contributed by atoms with Gasteiger partial charge < -0.3 is 9.47 Å². The molecule has 3 aromatic heterocycles. The molecule has 1 aromatic carbocycles. The zero-order chi connectivity index (χ0) is 24.1. The zero-order valence-corrected chi connectivity index (χ0v) is 19.1. The van der Waals surface area contributed by atoms with Crippen LogP contribution in [0.2, 0.25) is 5.02 Å². The maximum atomic E-state index is 13.0. The van der Waals surface area contributed by atoms with Crippen molar-refractivity contribution in [3.63, 3.8) is 0 Å². The van der Waals surface area contributed by atoms with E-state index in [1.807, 2.05) is 0 Å². The van der Waals surface area contributed by atoms with Gasteiger partial charge in [0.15, 0.2) is 0 Å². The molecule has 4 aromatic rings. The molecule has 4 rings (SSSR count).